The van der Waals surface area contributed by atoms with Crippen molar-refractivity contribution in [2.75, 3.05) is 27.9 Å². The molecule has 0 saturated heterocycles. The van der Waals surface area contributed by atoms with Crippen molar-refractivity contribution in [3.05, 3.63) is 33.3 Å². The molecule has 0 radical (unpaired) electrons. The van der Waals surface area contributed by atoms with Crippen molar-refractivity contribution in [2.24, 2.45) is 4.99 Å². The fraction of sp³-hybridized carbons (Fsp3) is 0.474. The Hall–Kier alpha value is -1.75. The Bertz CT molecular complexity index is 776. The first-order valence-corrected chi connectivity index (χ1v) is 9.57. The van der Waals surface area contributed by atoms with Crippen molar-refractivity contribution in [1.82, 2.24) is 15.6 Å². The van der Waals surface area contributed by atoms with E-state index in [0.29, 0.717) is 30.3 Å². The molecule has 0 unspecified atom stereocenters. The summed E-state index contributed by atoms with van der Waals surface area (Å²) in [6.07, 6.45) is 0. The predicted molar refractivity (Wildman–Crippen MR) is 125 cm³/mol. The van der Waals surface area contributed by atoms with Crippen LogP contribution in [-0.4, -0.2) is 38.8 Å². The summed E-state index contributed by atoms with van der Waals surface area (Å²) in [5, 5.41) is 7.62. The summed E-state index contributed by atoms with van der Waals surface area (Å²) in [6, 6.07) is 3.70. The molecule has 2 aromatic rings. The molecule has 2 rings (SSSR count). The lowest BCUT2D eigenvalue weighted by Crippen LogP contribution is -2.36. The monoisotopic (exact) mass is 520 g/mol. The van der Waals surface area contributed by atoms with E-state index in [1.165, 1.54) is 4.88 Å². The van der Waals surface area contributed by atoms with Crippen LogP contribution in [0, 0.1) is 13.8 Å². The van der Waals surface area contributed by atoms with Crippen molar-refractivity contribution in [2.45, 2.75) is 33.9 Å². The molecule has 0 bridgehead atoms. The number of hydrogen-bond donors (Lipinski definition) is 2. The highest BCUT2D eigenvalue weighted by Crippen LogP contribution is 2.34. The second kappa shape index (κ2) is 11.9. The van der Waals surface area contributed by atoms with Gasteiger partial charge in [-0.2, -0.15) is 0 Å². The average Bonchev–Trinajstić information content (AvgIpc) is 3.00. The molecule has 0 aliphatic heterocycles. The van der Waals surface area contributed by atoms with E-state index in [9.17, 15) is 0 Å². The summed E-state index contributed by atoms with van der Waals surface area (Å²) in [5.74, 6) is 2.70. The first-order valence-electron chi connectivity index (χ1n) is 8.76. The van der Waals surface area contributed by atoms with Gasteiger partial charge in [-0.3, -0.25) is 0 Å². The zero-order valence-electron chi connectivity index (χ0n) is 17.2. The maximum atomic E-state index is 5.47. The highest BCUT2D eigenvalue weighted by atomic mass is 127. The summed E-state index contributed by atoms with van der Waals surface area (Å²) >= 11 is 1.70. The Kier molecular flexibility index (Phi) is 10.4. The van der Waals surface area contributed by atoms with E-state index in [1.54, 1.807) is 32.7 Å². The van der Waals surface area contributed by atoms with Crippen molar-refractivity contribution in [1.29, 1.82) is 0 Å². The zero-order chi connectivity index (χ0) is 19.8. The molecule has 0 amide bonds. The summed E-state index contributed by atoms with van der Waals surface area (Å²) in [5.41, 5.74) is 1.99. The third-order valence-electron chi connectivity index (χ3n) is 4.02. The van der Waals surface area contributed by atoms with Gasteiger partial charge in [0, 0.05) is 23.1 Å². The fourth-order valence-electron chi connectivity index (χ4n) is 2.50. The Morgan fingerprint density at radius 3 is 2.21 bits per heavy atom. The van der Waals surface area contributed by atoms with Crippen molar-refractivity contribution >= 4 is 41.3 Å². The van der Waals surface area contributed by atoms with Gasteiger partial charge in [-0.1, -0.05) is 0 Å². The van der Waals surface area contributed by atoms with Crippen LogP contribution in [0.25, 0.3) is 0 Å². The lowest BCUT2D eigenvalue weighted by atomic mass is 10.1. The molecule has 2 N–H and O–H groups in total. The van der Waals surface area contributed by atoms with E-state index >= 15 is 0 Å². The van der Waals surface area contributed by atoms with Crippen LogP contribution in [0.4, 0.5) is 0 Å². The molecular formula is C19H29IN4O3S. The number of guanidine groups is 1. The molecule has 0 saturated carbocycles. The van der Waals surface area contributed by atoms with Gasteiger partial charge in [0.2, 0.25) is 0 Å². The number of methoxy groups -OCH3 is 3. The number of aliphatic imine (C=N–C) groups is 1. The van der Waals surface area contributed by atoms with E-state index in [2.05, 4.69) is 27.5 Å². The van der Waals surface area contributed by atoms with Gasteiger partial charge >= 0.3 is 0 Å². The highest BCUT2D eigenvalue weighted by molar-refractivity contribution is 14.0. The minimum absolute atomic E-state index is 0. The van der Waals surface area contributed by atoms with Crippen LogP contribution in [0.2, 0.25) is 0 Å². The number of aryl methyl sites for hydroxylation is 2. The zero-order valence-corrected chi connectivity index (χ0v) is 20.4. The lowest BCUT2D eigenvalue weighted by molar-refractivity contribution is 0.347. The van der Waals surface area contributed by atoms with Crippen molar-refractivity contribution in [3.63, 3.8) is 0 Å². The van der Waals surface area contributed by atoms with Gasteiger partial charge in [0.1, 0.15) is 10.8 Å². The smallest absolute Gasteiger partial charge is 0.191 e. The van der Waals surface area contributed by atoms with E-state index in [1.807, 2.05) is 26.0 Å². The van der Waals surface area contributed by atoms with Crippen LogP contribution in [0.3, 0.4) is 0 Å². The largest absolute Gasteiger partial charge is 0.496 e. The highest BCUT2D eigenvalue weighted by Gasteiger charge is 2.12. The summed E-state index contributed by atoms with van der Waals surface area (Å²) in [7, 11) is 4.84. The summed E-state index contributed by atoms with van der Waals surface area (Å²) in [4.78, 5) is 10.5. The van der Waals surface area contributed by atoms with Gasteiger partial charge in [0.25, 0.3) is 0 Å². The molecule has 0 spiro atoms. The van der Waals surface area contributed by atoms with Crippen LogP contribution >= 0.6 is 35.3 Å². The van der Waals surface area contributed by atoms with Gasteiger partial charge in [-0.05, 0) is 26.8 Å². The van der Waals surface area contributed by atoms with Crippen LogP contribution in [0.5, 0.6) is 17.2 Å². The van der Waals surface area contributed by atoms with E-state index < -0.39 is 0 Å². The van der Waals surface area contributed by atoms with Gasteiger partial charge < -0.3 is 24.8 Å². The molecular weight excluding hydrogens is 491 g/mol. The normalized spacial score (nSPS) is 10.9. The maximum Gasteiger partial charge on any atom is 0.191 e. The molecule has 9 heteroatoms. The molecule has 0 aliphatic rings. The second-order valence-corrected chi connectivity index (χ2v) is 7.10. The molecule has 1 aromatic heterocycles. The molecule has 0 atom stereocenters. The van der Waals surface area contributed by atoms with E-state index in [0.717, 1.165) is 28.8 Å². The van der Waals surface area contributed by atoms with E-state index in [4.69, 9.17) is 14.2 Å². The van der Waals surface area contributed by atoms with Crippen LogP contribution in [0.1, 0.15) is 28.1 Å². The number of hydrogen-bond acceptors (Lipinski definition) is 6. The number of benzene rings is 1. The molecule has 0 fully saturated rings. The van der Waals surface area contributed by atoms with Gasteiger partial charge in [0.15, 0.2) is 17.5 Å². The van der Waals surface area contributed by atoms with Crippen molar-refractivity contribution < 1.29 is 14.2 Å². The topological polar surface area (TPSA) is 77.0 Å². The first-order chi connectivity index (χ1) is 13.0. The number of ether oxygens (including phenoxy) is 3. The van der Waals surface area contributed by atoms with Gasteiger partial charge in [-0.15, -0.1) is 35.3 Å². The van der Waals surface area contributed by atoms with Crippen LogP contribution < -0.4 is 24.8 Å². The third-order valence-corrected chi connectivity index (χ3v) is 5.09. The minimum atomic E-state index is 0. The molecule has 1 heterocycles. The fourth-order valence-corrected chi connectivity index (χ4v) is 3.37. The molecule has 0 aliphatic carbocycles. The number of nitrogens with one attached hydrogen (secondary N) is 2. The van der Waals surface area contributed by atoms with Crippen LogP contribution in [0.15, 0.2) is 17.1 Å². The summed E-state index contributed by atoms with van der Waals surface area (Å²) in [6.45, 7) is 7.98. The molecule has 1 aromatic carbocycles. The minimum Gasteiger partial charge on any atom is -0.496 e. The van der Waals surface area contributed by atoms with Gasteiger partial charge in [0.05, 0.1) is 40.1 Å². The second-order valence-electron chi connectivity index (χ2n) is 5.82. The summed E-state index contributed by atoms with van der Waals surface area (Å²) < 4.78 is 16.2. The number of nitrogens with zero attached hydrogens (tertiary/aromatic N) is 2. The molecule has 156 valence electrons. The number of thiazole rings is 1. The maximum absolute atomic E-state index is 5.47. The first kappa shape index (κ1) is 24.3. The van der Waals surface area contributed by atoms with Gasteiger partial charge in [-0.25, -0.2) is 9.98 Å². The average molecular weight is 520 g/mol. The molecule has 7 nitrogen and oxygen atoms in total. The Labute approximate surface area is 187 Å². The lowest BCUT2D eigenvalue weighted by Gasteiger charge is -2.14. The van der Waals surface area contributed by atoms with E-state index in [-0.39, 0.29) is 24.0 Å². The Balaban J connectivity index is 0.00000392. The third kappa shape index (κ3) is 6.40. The van der Waals surface area contributed by atoms with Crippen molar-refractivity contribution in [3.8, 4) is 17.2 Å². The standard InChI is InChI=1S/C19H28N4O3S.HI/c1-7-20-19(22-11-18-23-12(2)13(3)27-18)21-10-14-8-16(25-5)17(26-6)9-15(14)24-4;/h8-9H,7,10-11H2,1-6H3,(H2,20,21,22);1H. The number of aromatic nitrogens is 1. The SMILES string of the molecule is CCNC(=NCc1cc(OC)c(OC)cc1OC)NCc1nc(C)c(C)s1.I. The number of halogens is 1. The van der Waals surface area contributed by atoms with Crippen LogP contribution in [-0.2, 0) is 13.1 Å². The Morgan fingerprint density at radius 2 is 1.68 bits per heavy atom. The predicted octanol–water partition coefficient (Wildman–Crippen LogP) is 3.66. The quantitative estimate of drug-likeness (QED) is 0.315. The molecule has 28 heavy (non-hydrogen) atoms. The Morgan fingerprint density at radius 1 is 1.04 bits per heavy atom. The number of rotatable bonds is 8.